The molecule has 2 N–H and O–H groups in total. The maximum absolute atomic E-state index is 13.6. The molecule has 1 unspecified atom stereocenters. The second kappa shape index (κ2) is 9.76. The van der Waals surface area contributed by atoms with Crippen LogP contribution >= 0.6 is 0 Å². The zero-order chi connectivity index (χ0) is 25.1. The van der Waals surface area contributed by atoms with Gasteiger partial charge in [0.15, 0.2) is 11.9 Å². The smallest absolute Gasteiger partial charge is 0.339 e. The average molecular weight is 479 g/mol. The number of furan rings is 1. The van der Waals surface area contributed by atoms with Crippen molar-refractivity contribution < 1.29 is 23.5 Å². The summed E-state index contributed by atoms with van der Waals surface area (Å²) in [5, 5.41) is 3.49. The molecule has 1 amide bonds. The van der Waals surface area contributed by atoms with Gasteiger partial charge in [-0.05, 0) is 42.8 Å². The molecule has 1 atom stereocenters. The van der Waals surface area contributed by atoms with E-state index < -0.39 is 18.0 Å². The molecule has 5 aromatic rings. The van der Waals surface area contributed by atoms with Crippen molar-refractivity contribution in [3.8, 4) is 0 Å². The van der Waals surface area contributed by atoms with E-state index in [1.807, 2.05) is 30.3 Å². The number of anilines is 1. The highest BCUT2D eigenvalue weighted by molar-refractivity contribution is 6.11. The summed E-state index contributed by atoms with van der Waals surface area (Å²) in [5.74, 6) is -1.32. The Bertz CT molecular complexity index is 1550. The molecule has 0 saturated carbocycles. The Kier molecular flexibility index (Phi) is 6.19. The maximum atomic E-state index is 13.6. The van der Waals surface area contributed by atoms with Gasteiger partial charge in [-0.3, -0.25) is 9.59 Å². The molecule has 0 fully saturated rings. The van der Waals surface area contributed by atoms with Crippen molar-refractivity contribution in [1.29, 1.82) is 0 Å². The first-order valence-corrected chi connectivity index (χ1v) is 11.3. The fraction of sp³-hybridized carbons (Fsp3) is 0.0690. The quantitative estimate of drug-likeness (QED) is 0.217. The largest absolute Gasteiger partial charge is 0.459 e. The van der Waals surface area contributed by atoms with Crippen molar-refractivity contribution >= 4 is 34.3 Å². The van der Waals surface area contributed by atoms with Crippen LogP contribution in [-0.2, 0) is 4.74 Å². The van der Waals surface area contributed by atoms with E-state index in [1.165, 1.54) is 12.3 Å². The standard InChI is InChI=1S/C29H22N2O5/c1-18-13-14-20(16-24(18)31-28(33)25-12-7-15-35-25)29(34)36-27(19-8-3-2-4-9-19)26(32)22-17-30-23-11-6-5-10-21(22)23/h2-17,27,30H,1H3,(H,31,33). The molecule has 0 spiro atoms. The zero-order valence-electron chi connectivity index (χ0n) is 19.4. The number of hydrogen-bond donors (Lipinski definition) is 2. The molecule has 0 bridgehead atoms. The van der Waals surface area contributed by atoms with E-state index in [1.54, 1.807) is 61.7 Å². The molecule has 0 saturated heterocycles. The van der Waals surface area contributed by atoms with Crippen LogP contribution in [0.2, 0.25) is 0 Å². The van der Waals surface area contributed by atoms with Gasteiger partial charge in [-0.1, -0.05) is 54.6 Å². The number of ketones is 1. The van der Waals surface area contributed by atoms with Crippen molar-refractivity contribution in [2.24, 2.45) is 0 Å². The van der Waals surface area contributed by atoms with Gasteiger partial charge in [0, 0.05) is 33.9 Å². The Balaban J connectivity index is 1.44. The molecular weight excluding hydrogens is 456 g/mol. The number of para-hydroxylation sites is 1. The number of rotatable bonds is 7. The van der Waals surface area contributed by atoms with Gasteiger partial charge in [-0.25, -0.2) is 4.79 Å². The number of H-pyrrole nitrogens is 1. The van der Waals surface area contributed by atoms with Crippen molar-refractivity contribution in [3.63, 3.8) is 0 Å². The number of carbonyl (C=O) groups is 3. The van der Waals surface area contributed by atoms with E-state index in [4.69, 9.17) is 9.15 Å². The molecule has 5 rings (SSSR count). The lowest BCUT2D eigenvalue weighted by atomic mass is 9.99. The Morgan fingerprint density at radius 3 is 2.47 bits per heavy atom. The number of ether oxygens (including phenoxy) is 1. The van der Waals surface area contributed by atoms with E-state index >= 15 is 0 Å². The number of Topliss-reactive ketones (excluding diaryl/α,β-unsaturated/α-hetero) is 1. The fourth-order valence-electron chi connectivity index (χ4n) is 3.97. The Labute approximate surface area is 206 Å². The Morgan fingerprint density at radius 1 is 0.917 bits per heavy atom. The molecule has 178 valence electrons. The summed E-state index contributed by atoms with van der Waals surface area (Å²) in [6.07, 6.45) is 1.88. The number of esters is 1. The van der Waals surface area contributed by atoms with Gasteiger partial charge in [-0.2, -0.15) is 0 Å². The predicted octanol–water partition coefficient (Wildman–Crippen LogP) is 6.10. The third-order valence-electron chi connectivity index (χ3n) is 5.89. The van der Waals surface area contributed by atoms with Crippen LogP contribution in [-0.4, -0.2) is 22.6 Å². The lowest BCUT2D eigenvalue weighted by Gasteiger charge is -2.18. The minimum absolute atomic E-state index is 0.149. The SMILES string of the molecule is Cc1ccc(C(=O)OC(C(=O)c2c[nH]c3ccccc23)c2ccccc2)cc1NC(=O)c1ccco1. The lowest BCUT2D eigenvalue weighted by molar-refractivity contribution is 0.0280. The highest BCUT2D eigenvalue weighted by Crippen LogP contribution is 2.29. The van der Waals surface area contributed by atoms with Crippen LogP contribution < -0.4 is 5.32 Å². The van der Waals surface area contributed by atoms with Crippen molar-refractivity contribution in [1.82, 2.24) is 4.98 Å². The maximum Gasteiger partial charge on any atom is 0.339 e. The normalized spacial score (nSPS) is 11.7. The number of amides is 1. The first kappa shape index (κ1) is 22.9. The molecule has 0 aliphatic heterocycles. The number of fused-ring (bicyclic) bond motifs is 1. The van der Waals surface area contributed by atoms with E-state index in [0.29, 0.717) is 16.8 Å². The number of hydrogen-bond acceptors (Lipinski definition) is 5. The average Bonchev–Trinajstić information content (AvgIpc) is 3.59. The molecule has 7 nitrogen and oxygen atoms in total. The van der Waals surface area contributed by atoms with Crippen LogP contribution in [0.5, 0.6) is 0 Å². The summed E-state index contributed by atoms with van der Waals surface area (Å²) < 4.78 is 10.9. The monoisotopic (exact) mass is 478 g/mol. The zero-order valence-corrected chi connectivity index (χ0v) is 19.4. The van der Waals surface area contributed by atoms with Crippen LogP contribution in [0.1, 0.15) is 48.5 Å². The van der Waals surface area contributed by atoms with Crippen LogP contribution in [0.25, 0.3) is 10.9 Å². The minimum atomic E-state index is -1.15. The van der Waals surface area contributed by atoms with Gasteiger partial charge in [0.2, 0.25) is 5.78 Å². The first-order valence-electron chi connectivity index (χ1n) is 11.3. The molecule has 2 aromatic heterocycles. The first-order chi connectivity index (χ1) is 17.5. The van der Waals surface area contributed by atoms with Crippen LogP contribution in [0.4, 0.5) is 5.69 Å². The molecule has 0 radical (unpaired) electrons. The lowest BCUT2D eigenvalue weighted by Crippen LogP contribution is -2.20. The topological polar surface area (TPSA) is 101 Å². The summed E-state index contributed by atoms with van der Waals surface area (Å²) in [5.41, 5.74) is 3.19. The van der Waals surface area contributed by atoms with Crippen LogP contribution in [0, 0.1) is 6.92 Å². The van der Waals surface area contributed by atoms with E-state index in [0.717, 1.165) is 16.5 Å². The summed E-state index contributed by atoms with van der Waals surface area (Å²) in [4.78, 5) is 42.4. The second-order valence-electron chi connectivity index (χ2n) is 8.27. The van der Waals surface area contributed by atoms with Gasteiger partial charge in [0.05, 0.1) is 11.8 Å². The molecule has 7 heteroatoms. The third-order valence-corrected chi connectivity index (χ3v) is 5.89. The van der Waals surface area contributed by atoms with E-state index in [-0.39, 0.29) is 17.1 Å². The number of carbonyl (C=O) groups excluding carboxylic acids is 3. The van der Waals surface area contributed by atoms with Crippen molar-refractivity contribution in [2.75, 3.05) is 5.32 Å². The van der Waals surface area contributed by atoms with Gasteiger partial charge in [-0.15, -0.1) is 0 Å². The highest BCUT2D eigenvalue weighted by atomic mass is 16.5. The number of aromatic nitrogens is 1. The fourth-order valence-corrected chi connectivity index (χ4v) is 3.97. The number of aryl methyl sites for hydroxylation is 1. The van der Waals surface area contributed by atoms with Gasteiger partial charge in [0.1, 0.15) is 0 Å². The Hall–Kier alpha value is -4.91. The van der Waals surface area contributed by atoms with Crippen molar-refractivity contribution in [2.45, 2.75) is 13.0 Å². The summed E-state index contributed by atoms with van der Waals surface area (Å²) in [6, 6.07) is 24.3. The molecule has 0 aliphatic carbocycles. The van der Waals surface area contributed by atoms with Crippen LogP contribution in [0.15, 0.2) is 102 Å². The highest BCUT2D eigenvalue weighted by Gasteiger charge is 2.29. The number of nitrogens with one attached hydrogen (secondary N) is 2. The molecule has 3 aromatic carbocycles. The predicted molar refractivity (Wildman–Crippen MR) is 135 cm³/mol. The molecule has 36 heavy (non-hydrogen) atoms. The summed E-state index contributed by atoms with van der Waals surface area (Å²) >= 11 is 0. The molecule has 0 aliphatic rings. The summed E-state index contributed by atoms with van der Waals surface area (Å²) in [7, 11) is 0. The summed E-state index contributed by atoms with van der Waals surface area (Å²) in [6.45, 7) is 1.81. The van der Waals surface area contributed by atoms with Gasteiger partial charge in [0.25, 0.3) is 5.91 Å². The van der Waals surface area contributed by atoms with E-state index in [2.05, 4.69) is 10.3 Å². The van der Waals surface area contributed by atoms with Crippen LogP contribution in [0.3, 0.4) is 0 Å². The van der Waals surface area contributed by atoms with Gasteiger partial charge < -0.3 is 19.5 Å². The van der Waals surface area contributed by atoms with Gasteiger partial charge >= 0.3 is 5.97 Å². The number of benzene rings is 3. The third kappa shape index (κ3) is 4.54. The number of aromatic amines is 1. The van der Waals surface area contributed by atoms with E-state index in [9.17, 15) is 14.4 Å². The molecule has 2 heterocycles. The van der Waals surface area contributed by atoms with Crippen molar-refractivity contribution in [3.05, 3.63) is 125 Å². The second-order valence-corrected chi connectivity index (χ2v) is 8.27. The minimum Gasteiger partial charge on any atom is -0.459 e. The molecular formula is C29H22N2O5. The Morgan fingerprint density at radius 2 is 1.69 bits per heavy atom.